The van der Waals surface area contributed by atoms with Gasteiger partial charge in [-0.3, -0.25) is 14.1 Å². The van der Waals surface area contributed by atoms with Gasteiger partial charge in [0, 0.05) is 12.8 Å². The van der Waals surface area contributed by atoms with Gasteiger partial charge in [-0.25, -0.2) is 4.57 Å². The molecule has 0 radical (unpaired) electrons. The Kier molecular flexibility index (Phi) is 38.1. The molecule has 306 valence electrons. The molecule has 0 fully saturated rings. The van der Waals surface area contributed by atoms with Crippen molar-refractivity contribution in [1.29, 1.82) is 0 Å². The fourth-order valence-corrected chi connectivity index (χ4v) is 6.55. The van der Waals surface area contributed by atoms with Gasteiger partial charge in [0.15, 0.2) is 6.10 Å². The number of allylic oxidation sites excluding steroid dienone is 4. The molecule has 0 unspecified atom stereocenters. The van der Waals surface area contributed by atoms with E-state index in [9.17, 15) is 14.2 Å². The second kappa shape index (κ2) is 39.2. The van der Waals surface area contributed by atoms with E-state index in [2.05, 4.69) is 42.7 Å². The molecule has 0 saturated carbocycles. The Hall–Kier alpha value is -1.47. The van der Waals surface area contributed by atoms with Gasteiger partial charge >= 0.3 is 19.8 Å². The molecule has 0 bridgehead atoms. The van der Waals surface area contributed by atoms with E-state index in [-0.39, 0.29) is 19.4 Å². The van der Waals surface area contributed by atoms with Gasteiger partial charge in [-0.15, -0.1) is 0 Å². The number of rotatable bonds is 40. The van der Waals surface area contributed by atoms with Gasteiger partial charge in [0.1, 0.15) is 6.61 Å². The second-order valence-corrected chi connectivity index (χ2v) is 15.9. The zero-order valence-corrected chi connectivity index (χ0v) is 34.6. The third-order valence-corrected chi connectivity index (χ3v) is 9.93. The van der Waals surface area contributed by atoms with Crippen LogP contribution in [0, 0.1) is 0 Å². The molecular formula is C43H81O8P. The first-order valence-corrected chi connectivity index (χ1v) is 23.2. The number of esters is 2. The lowest BCUT2D eigenvalue weighted by Crippen LogP contribution is -2.29. The number of phosphoric acid groups is 1. The van der Waals surface area contributed by atoms with Crippen molar-refractivity contribution in [2.75, 3.05) is 13.2 Å². The summed E-state index contributed by atoms with van der Waals surface area (Å²) in [5.41, 5.74) is 0. The number of carbonyl (C=O) groups is 2. The Morgan fingerprint density at radius 2 is 0.808 bits per heavy atom. The Bertz CT molecular complexity index is 900. The van der Waals surface area contributed by atoms with Crippen LogP contribution in [-0.4, -0.2) is 41.0 Å². The molecule has 9 heteroatoms. The Morgan fingerprint density at radius 3 is 1.19 bits per heavy atom. The quantitative estimate of drug-likeness (QED) is 0.0274. The number of carbonyl (C=O) groups excluding carboxylic acids is 2. The van der Waals surface area contributed by atoms with Crippen molar-refractivity contribution < 1.29 is 37.9 Å². The van der Waals surface area contributed by atoms with Crippen LogP contribution in [0.3, 0.4) is 0 Å². The van der Waals surface area contributed by atoms with Gasteiger partial charge in [0.05, 0.1) is 6.61 Å². The molecule has 8 nitrogen and oxygen atoms in total. The van der Waals surface area contributed by atoms with E-state index < -0.39 is 32.5 Å². The summed E-state index contributed by atoms with van der Waals surface area (Å²) in [4.78, 5) is 42.8. The molecule has 1 atom stereocenters. The van der Waals surface area contributed by atoms with Crippen LogP contribution in [0.4, 0.5) is 0 Å². The average Bonchev–Trinajstić information content (AvgIpc) is 3.11. The smallest absolute Gasteiger partial charge is 0.462 e. The molecule has 0 saturated heterocycles. The third kappa shape index (κ3) is 41.3. The van der Waals surface area contributed by atoms with Crippen molar-refractivity contribution in [3.63, 3.8) is 0 Å². The predicted octanol–water partition coefficient (Wildman–Crippen LogP) is 13.2. The first-order chi connectivity index (χ1) is 25.3. The van der Waals surface area contributed by atoms with Crippen molar-refractivity contribution in [3.05, 3.63) is 24.3 Å². The topological polar surface area (TPSA) is 119 Å². The highest BCUT2D eigenvalue weighted by Crippen LogP contribution is 2.36. The molecule has 0 rings (SSSR count). The minimum Gasteiger partial charge on any atom is -0.462 e. The van der Waals surface area contributed by atoms with Gasteiger partial charge < -0.3 is 19.3 Å². The van der Waals surface area contributed by atoms with Crippen LogP contribution in [0.5, 0.6) is 0 Å². The lowest BCUT2D eigenvalue weighted by Gasteiger charge is -2.18. The summed E-state index contributed by atoms with van der Waals surface area (Å²) in [7, 11) is -4.75. The van der Waals surface area contributed by atoms with E-state index in [1.54, 1.807) is 0 Å². The standard InChI is InChI=1S/C43H81O8P/c1-3-5-7-9-11-13-15-17-19-20-21-22-24-25-27-29-31-33-35-37-42(44)49-39-41(40-50-52(46,47)48)51-43(45)38-36-34-32-30-28-26-23-18-16-14-12-10-8-6-4-2/h17,19,26,28,41H,3-16,18,20-25,27,29-40H2,1-2H3,(H2,46,47,48)/b19-17+,28-26+/t41-/m1/s1. The Balaban J connectivity index is 3.89. The normalized spacial score (nSPS) is 12.6. The van der Waals surface area contributed by atoms with Crippen LogP contribution in [0.2, 0.25) is 0 Å². The minimum atomic E-state index is -4.75. The molecule has 0 aliphatic rings. The van der Waals surface area contributed by atoms with Crippen molar-refractivity contribution in [1.82, 2.24) is 0 Å². The van der Waals surface area contributed by atoms with Crippen LogP contribution in [0.15, 0.2) is 24.3 Å². The highest BCUT2D eigenvalue weighted by Gasteiger charge is 2.22. The monoisotopic (exact) mass is 757 g/mol. The summed E-state index contributed by atoms with van der Waals surface area (Å²) < 4.78 is 26.4. The van der Waals surface area contributed by atoms with Gasteiger partial charge in [0.2, 0.25) is 0 Å². The van der Waals surface area contributed by atoms with Crippen molar-refractivity contribution in [3.8, 4) is 0 Å². The summed E-state index contributed by atoms with van der Waals surface area (Å²) in [6.07, 6.45) is 44.7. The zero-order valence-electron chi connectivity index (χ0n) is 33.7. The van der Waals surface area contributed by atoms with Crippen LogP contribution in [0.1, 0.15) is 219 Å². The Morgan fingerprint density at radius 1 is 0.481 bits per heavy atom. The summed E-state index contributed by atoms with van der Waals surface area (Å²) in [6, 6.07) is 0. The average molecular weight is 757 g/mol. The first kappa shape index (κ1) is 50.5. The molecular weight excluding hydrogens is 675 g/mol. The number of hydrogen-bond donors (Lipinski definition) is 2. The maximum atomic E-state index is 12.4. The van der Waals surface area contributed by atoms with Gasteiger partial charge in [-0.2, -0.15) is 0 Å². The molecule has 0 aromatic carbocycles. The largest absolute Gasteiger partial charge is 0.469 e. The van der Waals surface area contributed by atoms with E-state index in [1.165, 1.54) is 141 Å². The Labute approximate surface area is 319 Å². The van der Waals surface area contributed by atoms with Crippen LogP contribution in [0.25, 0.3) is 0 Å². The fourth-order valence-electron chi connectivity index (χ4n) is 6.19. The van der Waals surface area contributed by atoms with Crippen molar-refractivity contribution >= 4 is 19.8 Å². The third-order valence-electron chi connectivity index (χ3n) is 9.44. The molecule has 0 aliphatic heterocycles. The molecule has 0 aromatic rings. The van der Waals surface area contributed by atoms with Gasteiger partial charge in [-0.1, -0.05) is 167 Å². The number of ether oxygens (including phenoxy) is 2. The molecule has 0 amide bonds. The summed E-state index contributed by atoms with van der Waals surface area (Å²) in [6.45, 7) is 3.68. The van der Waals surface area contributed by atoms with Crippen LogP contribution < -0.4 is 0 Å². The fraction of sp³-hybridized carbons (Fsp3) is 0.860. The molecule has 52 heavy (non-hydrogen) atoms. The number of hydrogen-bond acceptors (Lipinski definition) is 6. The van der Waals surface area contributed by atoms with E-state index >= 15 is 0 Å². The molecule has 0 spiro atoms. The highest BCUT2D eigenvalue weighted by molar-refractivity contribution is 7.46. The SMILES string of the molecule is CCCCCCCC/C=C/CCCCCCCCCCCC(=O)OC[C@H](COP(=O)(O)O)OC(=O)CCCCC/C=C/CCCCCCCCCC. The molecule has 0 aliphatic carbocycles. The predicted molar refractivity (Wildman–Crippen MR) is 216 cm³/mol. The van der Waals surface area contributed by atoms with Crippen molar-refractivity contribution in [2.24, 2.45) is 0 Å². The summed E-state index contributed by atoms with van der Waals surface area (Å²) in [5.74, 6) is -0.898. The molecule has 2 N–H and O–H groups in total. The van der Waals surface area contributed by atoms with Crippen molar-refractivity contribution in [2.45, 2.75) is 225 Å². The molecule has 0 heterocycles. The van der Waals surface area contributed by atoms with E-state index in [4.69, 9.17) is 19.3 Å². The highest BCUT2D eigenvalue weighted by atomic mass is 31.2. The summed E-state index contributed by atoms with van der Waals surface area (Å²) in [5, 5.41) is 0. The first-order valence-electron chi connectivity index (χ1n) is 21.6. The van der Waals surface area contributed by atoms with Gasteiger partial charge in [-0.05, 0) is 64.2 Å². The van der Waals surface area contributed by atoms with Gasteiger partial charge in [0.25, 0.3) is 0 Å². The zero-order chi connectivity index (χ0) is 38.2. The number of phosphoric ester groups is 1. The minimum absolute atomic E-state index is 0.193. The lowest BCUT2D eigenvalue weighted by atomic mass is 10.1. The van der Waals surface area contributed by atoms with Crippen LogP contribution >= 0.6 is 7.82 Å². The van der Waals surface area contributed by atoms with E-state index in [0.717, 1.165) is 44.9 Å². The van der Waals surface area contributed by atoms with Crippen LogP contribution in [-0.2, 0) is 28.2 Å². The lowest BCUT2D eigenvalue weighted by molar-refractivity contribution is -0.161. The summed E-state index contributed by atoms with van der Waals surface area (Å²) >= 11 is 0. The number of unbranched alkanes of at least 4 members (excludes halogenated alkanes) is 26. The second-order valence-electron chi connectivity index (χ2n) is 14.7. The van der Waals surface area contributed by atoms with E-state index in [1.807, 2.05) is 0 Å². The maximum Gasteiger partial charge on any atom is 0.469 e. The van der Waals surface area contributed by atoms with E-state index in [0.29, 0.717) is 6.42 Å². The molecule has 0 aromatic heterocycles. The maximum absolute atomic E-state index is 12.4.